The molecule has 0 atom stereocenters. The quantitative estimate of drug-likeness (QED) is 0.202. The third kappa shape index (κ3) is 7.90. The van der Waals surface area contributed by atoms with Gasteiger partial charge in [-0.15, -0.1) is 68.1 Å². The second kappa shape index (κ2) is 15.4. The van der Waals surface area contributed by atoms with Crippen LogP contribution in [0.1, 0.15) is 11.1 Å². The molecule has 0 heterocycles. The maximum Gasteiger partial charge on any atom is -0.0635 e. The van der Waals surface area contributed by atoms with E-state index in [0.29, 0.717) is 0 Å². The Morgan fingerprint density at radius 2 is 0.789 bits per heavy atom. The number of fused-ring (bicyclic) bond motifs is 2. The van der Waals surface area contributed by atoms with Gasteiger partial charge in [0.15, 0.2) is 0 Å². The first-order valence-electron chi connectivity index (χ1n) is 12.4. The number of rotatable bonds is 2. The minimum absolute atomic E-state index is 0. The molecule has 0 radical (unpaired) electrons. The van der Waals surface area contributed by atoms with E-state index in [1.165, 1.54) is 54.9 Å². The molecule has 0 saturated carbocycles. The molecule has 6 aromatic carbocycles. The van der Waals surface area contributed by atoms with E-state index in [1.54, 1.807) is 23.3 Å². The first kappa shape index (κ1) is 32.0. The van der Waals surface area contributed by atoms with Gasteiger partial charge in [0.1, 0.15) is 0 Å². The molecule has 0 fully saturated rings. The van der Waals surface area contributed by atoms with Crippen LogP contribution in [-0.4, -0.2) is 5.43 Å². The average Bonchev–Trinajstić information content (AvgIpc) is 3.42. The number of halogens is 2. The zero-order chi connectivity index (χ0) is 25.5. The molecule has 0 spiro atoms. The van der Waals surface area contributed by atoms with Crippen molar-refractivity contribution >= 4 is 27.0 Å². The van der Waals surface area contributed by atoms with Crippen LogP contribution in [0.2, 0.25) is 13.1 Å². The summed E-state index contributed by atoms with van der Waals surface area (Å²) >= 11 is 1.74. The van der Waals surface area contributed by atoms with Gasteiger partial charge in [0.05, 0.1) is 0 Å². The van der Waals surface area contributed by atoms with Crippen LogP contribution in [0.3, 0.4) is 0 Å². The van der Waals surface area contributed by atoms with Crippen LogP contribution >= 0.6 is 0 Å². The molecule has 192 valence electrons. The molecule has 0 amide bonds. The number of aryl methyl sites for hydroxylation is 2. The third-order valence-corrected chi connectivity index (χ3v) is 6.31. The minimum Gasteiger partial charge on any atom is -1.00 e. The standard InChI is InChI=1S/2C16H13.C2H6Si.2ClH.Zr/c2*1-12-15-10-6-5-9-14(15)11-16(12)13-7-3-2-4-8-13;1-3-2;;;/h2*2-11H,1H3;1-2H3;2*1H;/q2*-1;;;;+2/p-2. The predicted octanol–water partition coefficient (Wildman–Crippen LogP) is 3.86. The van der Waals surface area contributed by atoms with E-state index >= 15 is 0 Å². The summed E-state index contributed by atoms with van der Waals surface area (Å²) in [4.78, 5) is 0. The Kier molecular flexibility index (Phi) is 13.0. The topological polar surface area (TPSA) is 0 Å². The van der Waals surface area contributed by atoms with Gasteiger partial charge in [0.2, 0.25) is 0 Å². The summed E-state index contributed by atoms with van der Waals surface area (Å²) in [7, 11) is 0. The van der Waals surface area contributed by atoms with Crippen LogP contribution in [0, 0.1) is 13.8 Å². The van der Waals surface area contributed by atoms with Crippen LogP contribution in [0.25, 0.3) is 43.8 Å². The summed E-state index contributed by atoms with van der Waals surface area (Å²) in [6.45, 7) is 9.02. The van der Waals surface area contributed by atoms with E-state index < -0.39 is 0 Å². The number of benzene rings is 4. The van der Waals surface area contributed by atoms with Crippen LogP contribution in [0.4, 0.5) is 0 Å². The predicted molar refractivity (Wildman–Crippen MR) is 157 cm³/mol. The molecule has 38 heavy (non-hydrogen) atoms. The largest absolute Gasteiger partial charge is 1.00 e. The zero-order valence-corrected chi connectivity index (χ0v) is 27.3. The first-order valence-corrected chi connectivity index (χ1v) is 18.6. The van der Waals surface area contributed by atoms with Crippen molar-refractivity contribution in [3.8, 4) is 22.3 Å². The van der Waals surface area contributed by atoms with Crippen molar-refractivity contribution in [2.24, 2.45) is 0 Å². The smallest absolute Gasteiger partial charge is 0.0635 e. The molecule has 0 saturated heterocycles. The van der Waals surface area contributed by atoms with Crippen molar-refractivity contribution < 1.29 is 48.1 Å². The second-order valence-corrected chi connectivity index (χ2v) is 18.6. The summed E-state index contributed by atoms with van der Waals surface area (Å²) in [5.41, 5.74) is 8.27. The monoisotopic (exact) mass is 628 g/mol. The summed E-state index contributed by atoms with van der Waals surface area (Å²) in [5, 5.41) is 5.39. The Morgan fingerprint density at radius 1 is 0.500 bits per heavy atom. The molecule has 0 aliphatic rings. The van der Waals surface area contributed by atoms with Crippen molar-refractivity contribution in [2.45, 2.75) is 26.9 Å². The molecule has 6 rings (SSSR count). The van der Waals surface area contributed by atoms with Crippen LogP contribution < -0.4 is 24.8 Å². The fourth-order valence-corrected chi connectivity index (χ4v) is 4.58. The second-order valence-electron chi connectivity index (χ2n) is 9.27. The van der Waals surface area contributed by atoms with E-state index in [9.17, 15) is 0 Å². The maximum absolute atomic E-state index is 2.31. The van der Waals surface area contributed by atoms with E-state index in [2.05, 4.69) is 148 Å². The maximum atomic E-state index is 2.31. The van der Waals surface area contributed by atoms with Crippen molar-refractivity contribution in [1.82, 2.24) is 0 Å². The van der Waals surface area contributed by atoms with Gasteiger partial charge in [-0.1, -0.05) is 122 Å². The van der Waals surface area contributed by atoms with Gasteiger partial charge in [-0.3, -0.25) is 0 Å². The molecule has 0 aliphatic heterocycles. The Bertz CT molecular complexity index is 1460. The Morgan fingerprint density at radius 3 is 1.11 bits per heavy atom. The van der Waals surface area contributed by atoms with E-state index in [4.69, 9.17) is 0 Å². The third-order valence-electron chi connectivity index (χ3n) is 6.31. The van der Waals surface area contributed by atoms with Gasteiger partial charge < -0.3 is 24.8 Å². The van der Waals surface area contributed by atoms with E-state index in [-0.39, 0.29) is 30.2 Å². The molecule has 0 aromatic heterocycles. The summed E-state index contributed by atoms with van der Waals surface area (Å²) < 4.78 is 0. The molecule has 0 bridgehead atoms. The first-order chi connectivity index (χ1) is 17.5. The molecular formula is C34H32Cl2SiZr-2. The molecular weight excluding hydrogens is 599 g/mol. The zero-order valence-electron chi connectivity index (χ0n) is 22.3. The van der Waals surface area contributed by atoms with Gasteiger partial charge in [0.25, 0.3) is 0 Å². The number of hydrogen-bond donors (Lipinski definition) is 0. The summed E-state index contributed by atoms with van der Waals surface area (Å²) in [6.07, 6.45) is 0. The fourth-order valence-electron chi connectivity index (χ4n) is 4.58. The Hall–Kier alpha value is -2.22. The number of hydrogen-bond acceptors (Lipinski definition) is 0. The van der Waals surface area contributed by atoms with Crippen LogP contribution in [-0.2, 0) is 23.3 Å². The van der Waals surface area contributed by atoms with Crippen molar-refractivity contribution in [3.63, 3.8) is 0 Å². The van der Waals surface area contributed by atoms with Gasteiger partial charge in [0, 0.05) is 0 Å². The fraction of sp³-hybridized carbons (Fsp3) is 0.118. The van der Waals surface area contributed by atoms with Crippen molar-refractivity contribution in [3.05, 3.63) is 132 Å². The average molecular weight is 631 g/mol. The molecule has 0 nitrogen and oxygen atoms in total. The Balaban J connectivity index is 0.000000224. The summed E-state index contributed by atoms with van der Waals surface area (Å²) in [5.74, 6) is 0. The van der Waals surface area contributed by atoms with Crippen molar-refractivity contribution in [2.75, 3.05) is 0 Å². The van der Waals surface area contributed by atoms with Crippen LogP contribution in [0.5, 0.6) is 0 Å². The normalized spacial score (nSPS) is 9.84. The van der Waals surface area contributed by atoms with Crippen LogP contribution in [0.15, 0.2) is 121 Å². The molecule has 0 N–H and O–H groups in total. The van der Waals surface area contributed by atoms with Gasteiger partial charge in [-0.05, 0) is 0 Å². The minimum atomic E-state index is 0. The molecule has 0 unspecified atom stereocenters. The summed E-state index contributed by atoms with van der Waals surface area (Å²) in [6, 6.07) is 42.8. The van der Waals surface area contributed by atoms with Gasteiger partial charge >= 0.3 is 41.9 Å². The SMILES string of the molecule is C[Si](C)=[Zr+2].Cc1c(-c2ccccc2)[cH-]c2ccccc12.Cc1c(-c2ccccc2)[cH-]c2ccccc12.[Cl-].[Cl-]. The van der Waals surface area contributed by atoms with E-state index in [1.807, 2.05) is 0 Å². The van der Waals surface area contributed by atoms with Crippen molar-refractivity contribution in [1.29, 1.82) is 0 Å². The van der Waals surface area contributed by atoms with Gasteiger partial charge in [-0.2, -0.15) is 0 Å². The molecule has 0 aliphatic carbocycles. The van der Waals surface area contributed by atoms with E-state index in [0.717, 1.165) is 0 Å². The molecule has 6 aromatic rings. The van der Waals surface area contributed by atoms with Gasteiger partial charge in [-0.25, -0.2) is 0 Å². The Labute approximate surface area is 255 Å². The molecule has 4 heteroatoms.